The summed E-state index contributed by atoms with van der Waals surface area (Å²) in [5.41, 5.74) is 4.55. The molecule has 0 radical (unpaired) electrons. The highest BCUT2D eigenvalue weighted by Gasteiger charge is 2.43. The van der Waals surface area contributed by atoms with E-state index in [1.807, 2.05) is 0 Å². The van der Waals surface area contributed by atoms with Gasteiger partial charge in [0.15, 0.2) is 5.71 Å². The fourth-order valence-corrected chi connectivity index (χ4v) is 2.42. The van der Waals surface area contributed by atoms with E-state index in [4.69, 9.17) is 0 Å². The second kappa shape index (κ2) is 3.97. The number of fused-ring (bicyclic) bond motifs is 1. The van der Waals surface area contributed by atoms with Gasteiger partial charge in [0, 0.05) is 18.6 Å². The number of para-hydroxylation sites is 1. The van der Waals surface area contributed by atoms with Crippen LogP contribution in [0.5, 0.6) is 0 Å². The molecule has 1 atom stereocenters. The summed E-state index contributed by atoms with van der Waals surface area (Å²) >= 11 is 0. The quantitative estimate of drug-likeness (QED) is 0.595. The van der Waals surface area contributed by atoms with Crippen LogP contribution in [0.3, 0.4) is 0 Å². The predicted molar refractivity (Wildman–Crippen MR) is 60.6 cm³/mol. The van der Waals surface area contributed by atoms with Crippen molar-refractivity contribution in [3.05, 3.63) is 29.8 Å². The number of rotatable bonds is 1. The number of halogens is 1. The molecule has 15 heavy (non-hydrogen) atoms. The van der Waals surface area contributed by atoms with Crippen LogP contribution in [-0.2, 0) is 5.41 Å². The summed E-state index contributed by atoms with van der Waals surface area (Å²) < 4.78 is 2.32. The van der Waals surface area contributed by atoms with Crippen LogP contribution < -0.4 is 12.4 Å². The largest absolute Gasteiger partial charge is 1.00 e. The SMILES string of the molecule is CCC1(C)C(C)=[N+](C)c2ccccc21.[Cl-]. The lowest BCUT2D eigenvalue weighted by molar-refractivity contribution is -0.403. The number of benzene rings is 1. The van der Waals surface area contributed by atoms with Gasteiger partial charge in [-0.2, -0.15) is 0 Å². The lowest BCUT2D eigenvalue weighted by Crippen LogP contribution is -3.00. The minimum atomic E-state index is 0. The van der Waals surface area contributed by atoms with Crippen LogP contribution >= 0.6 is 0 Å². The molecule has 0 aliphatic carbocycles. The smallest absolute Gasteiger partial charge is 0.209 e. The fourth-order valence-electron chi connectivity index (χ4n) is 2.42. The van der Waals surface area contributed by atoms with Gasteiger partial charge in [-0.25, -0.2) is 4.58 Å². The molecule has 0 aromatic heterocycles. The van der Waals surface area contributed by atoms with Gasteiger partial charge in [-0.05, 0) is 13.3 Å². The summed E-state index contributed by atoms with van der Waals surface area (Å²) in [5, 5.41) is 0. The van der Waals surface area contributed by atoms with Gasteiger partial charge in [0.05, 0.1) is 5.41 Å². The van der Waals surface area contributed by atoms with Gasteiger partial charge in [0.25, 0.3) is 0 Å². The Morgan fingerprint density at radius 1 is 1.27 bits per heavy atom. The van der Waals surface area contributed by atoms with Crippen molar-refractivity contribution in [1.82, 2.24) is 0 Å². The van der Waals surface area contributed by atoms with E-state index in [0.717, 1.165) is 0 Å². The summed E-state index contributed by atoms with van der Waals surface area (Å²) in [5.74, 6) is 0. The second-order valence-corrected chi connectivity index (χ2v) is 4.35. The highest BCUT2D eigenvalue weighted by Crippen LogP contribution is 2.40. The fraction of sp³-hybridized carbons (Fsp3) is 0.462. The van der Waals surface area contributed by atoms with Crippen molar-refractivity contribution in [2.24, 2.45) is 0 Å². The van der Waals surface area contributed by atoms with Crippen LogP contribution in [0.25, 0.3) is 0 Å². The van der Waals surface area contributed by atoms with E-state index in [9.17, 15) is 0 Å². The van der Waals surface area contributed by atoms with Gasteiger partial charge >= 0.3 is 0 Å². The lowest BCUT2D eigenvalue weighted by Gasteiger charge is -2.19. The molecule has 1 aliphatic rings. The molecular formula is C13H18ClN. The van der Waals surface area contributed by atoms with Crippen molar-refractivity contribution < 1.29 is 17.0 Å². The zero-order valence-corrected chi connectivity index (χ0v) is 10.6. The first-order valence-corrected chi connectivity index (χ1v) is 5.28. The molecule has 1 unspecified atom stereocenters. The monoisotopic (exact) mass is 223 g/mol. The summed E-state index contributed by atoms with van der Waals surface area (Å²) in [6.07, 6.45) is 1.17. The Morgan fingerprint density at radius 3 is 2.47 bits per heavy atom. The van der Waals surface area contributed by atoms with Gasteiger partial charge in [-0.15, -0.1) is 0 Å². The Balaban J connectivity index is 0.00000112. The van der Waals surface area contributed by atoms with E-state index < -0.39 is 0 Å². The van der Waals surface area contributed by atoms with Gasteiger partial charge in [0.1, 0.15) is 7.05 Å². The van der Waals surface area contributed by atoms with Crippen molar-refractivity contribution in [1.29, 1.82) is 0 Å². The molecule has 1 nitrogen and oxygen atoms in total. The van der Waals surface area contributed by atoms with Crippen LogP contribution in [0.15, 0.2) is 24.3 Å². The van der Waals surface area contributed by atoms with Crippen LogP contribution in [-0.4, -0.2) is 17.3 Å². The number of hydrogen-bond acceptors (Lipinski definition) is 0. The molecule has 1 aromatic rings. The molecule has 0 N–H and O–H groups in total. The normalized spacial score (nSPS) is 23.7. The maximum atomic E-state index is 2.34. The molecule has 1 heterocycles. The molecule has 0 amide bonds. The maximum absolute atomic E-state index is 2.34. The highest BCUT2D eigenvalue weighted by molar-refractivity contribution is 5.93. The van der Waals surface area contributed by atoms with E-state index in [0.29, 0.717) is 0 Å². The van der Waals surface area contributed by atoms with Crippen LogP contribution in [0.4, 0.5) is 5.69 Å². The van der Waals surface area contributed by atoms with E-state index >= 15 is 0 Å². The zero-order chi connectivity index (χ0) is 10.3. The molecule has 0 spiro atoms. The zero-order valence-electron chi connectivity index (χ0n) is 9.84. The predicted octanol–water partition coefficient (Wildman–Crippen LogP) is 0.107. The van der Waals surface area contributed by atoms with Crippen molar-refractivity contribution >= 4 is 11.4 Å². The Kier molecular flexibility index (Phi) is 3.25. The molecule has 1 aromatic carbocycles. The summed E-state index contributed by atoms with van der Waals surface area (Å²) in [4.78, 5) is 0. The third-order valence-electron chi connectivity index (χ3n) is 3.87. The number of nitrogens with zero attached hydrogens (tertiary/aromatic N) is 1. The van der Waals surface area contributed by atoms with Gasteiger partial charge in [-0.1, -0.05) is 25.1 Å². The third-order valence-corrected chi connectivity index (χ3v) is 3.87. The standard InChI is InChI=1S/C13H18N.ClH/c1-5-13(3)10(2)14(4)12-9-7-6-8-11(12)13;/h6-9H,5H2,1-4H3;1H/q+1;/p-1. The van der Waals surface area contributed by atoms with E-state index in [-0.39, 0.29) is 17.8 Å². The number of hydrogen-bond donors (Lipinski definition) is 0. The maximum Gasteiger partial charge on any atom is 0.209 e. The van der Waals surface area contributed by atoms with E-state index in [1.54, 1.807) is 0 Å². The van der Waals surface area contributed by atoms with Gasteiger partial charge in [-0.3, -0.25) is 0 Å². The summed E-state index contributed by atoms with van der Waals surface area (Å²) in [6.45, 7) is 6.84. The van der Waals surface area contributed by atoms with Crippen molar-refractivity contribution in [2.75, 3.05) is 7.05 Å². The molecule has 0 bridgehead atoms. The molecular weight excluding hydrogens is 206 g/mol. The highest BCUT2D eigenvalue weighted by atomic mass is 35.5. The third kappa shape index (κ3) is 1.50. The Labute approximate surface area is 98.2 Å². The van der Waals surface area contributed by atoms with E-state index in [1.165, 1.54) is 23.4 Å². The molecule has 2 heteroatoms. The first kappa shape index (κ1) is 12.3. The molecule has 0 saturated heterocycles. The minimum Gasteiger partial charge on any atom is -1.00 e. The molecule has 0 fully saturated rings. The molecule has 1 aliphatic heterocycles. The summed E-state index contributed by atoms with van der Waals surface area (Å²) in [7, 11) is 2.16. The van der Waals surface area contributed by atoms with Gasteiger partial charge < -0.3 is 12.4 Å². The average molecular weight is 224 g/mol. The Hall–Kier alpha value is -0.820. The molecule has 2 rings (SSSR count). The second-order valence-electron chi connectivity index (χ2n) is 4.35. The van der Waals surface area contributed by atoms with E-state index in [2.05, 4.69) is 56.7 Å². The molecule has 82 valence electrons. The summed E-state index contributed by atoms with van der Waals surface area (Å²) in [6, 6.07) is 8.72. The Morgan fingerprint density at radius 2 is 1.87 bits per heavy atom. The average Bonchev–Trinajstić information content (AvgIpc) is 2.43. The van der Waals surface area contributed by atoms with Crippen molar-refractivity contribution in [2.45, 2.75) is 32.6 Å². The first-order chi connectivity index (χ1) is 6.61. The van der Waals surface area contributed by atoms with Crippen LogP contribution in [0, 0.1) is 0 Å². The molecule has 0 saturated carbocycles. The van der Waals surface area contributed by atoms with Crippen LogP contribution in [0.1, 0.15) is 32.8 Å². The Bertz CT molecular complexity index is 409. The van der Waals surface area contributed by atoms with Crippen molar-refractivity contribution in [3.8, 4) is 0 Å². The topological polar surface area (TPSA) is 3.01 Å². The van der Waals surface area contributed by atoms with Gasteiger partial charge in [0.2, 0.25) is 5.69 Å². The van der Waals surface area contributed by atoms with Crippen molar-refractivity contribution in [3.63, 3.8) is 0 Å². The minimum absolute atomic E-state index is 0. The van der Waals surface area contributed by atoms with Crippen LogP contribution in [0.2, 0.25) is 0 Å². The first-order valence-electron chi connectivity index (χ1n) is 5.28. The lowest BCUT2D eigenvalue weighted by atomic mass is 9.78.